The SMILES string of the molecule is CNC(=O)C(C)NC(=O)CCCCCl. The van der Waals surface area contributed by atoms with Crippen LogP contribution in [-0.2, 0) is 9.59 Å². The summed E-state index contributed by atoms with van der Waals surface area (Å²) in [5, 5.41) is 5.06. The summed E-state index contributed by atoms with van der Waals surface area (Å²) in [4.78, 5) is 22.2. The van der Waals surface area contributed by atoms with Crippen molar-refractivity contribution in [1.29, 1.82) is 0 Å². The Bertz CT molecular complexity index is 197. The van der Waals surface area contributed by atoms with Crippen LogP contribution in [0.25, 0.3) is 0 Å². The fraction of sp³-hybridized carbons (Fsp3) is 0.778. The van der Waals surface area contributed by atoms with Gasteiger partial charge in [0.15, 0.2) is 0 Å². The van der Waals surface area contributed by atoms with Gasteiger partial charge < -0.3 is 10.6 Å². The minimum absolute atomic E-state index is 0.105. The number of nitrogens with one attached hydrogen (secondary N) is 2. The van der Waals surface area contributed by atoms with Gasteiger partial charge in [-0.1, -0.05) is 0 Å². The van der Waals surface area contributed by atoms with Gasteiger partial charge in [-0.15, -0.1) is 11.6 Å². The molecule has 0 fully saturated rings. The van der Waals surface area contributed by atoms with Crippen LogP contribution in [0.2, 0.25) is 0 Å². The molecule has 0 spiro atoms. The third-order valence-electron chi connectivity index (χ3n) is 1.80. The van der Waals surface area contributed by atoms with Gasteiger partial charge in [-0.2, -0.15) is 0 Å². The van der Waals surface area contributed by atoms with Gasteiger partial charge in [-0.25, -0.2) is 0 Å². The molecule has 2 amide bonds. The smallest absolute Gasteiger partial charge is 0.242 e. The van der Waals surface area contributed by atoms with Crippen LogP contribution in [0.3, 0.4) is 0 Å². The Balaban J connectivity index is 3.65. The van der Waals surface area contributed by atoms with E-state index in [9.17, 15) is 9.59 Å². The highest BCUT2D eigenvalue weighted by atomic mass is 35.5. The van der Waals surface area contributed by atoms with Crippen LogP contribution < -0.4 is 10.6 Å². The maximum atomic E-state index is 11.2. The number of likely N-dealkylation sites (N-methyl/N-ethyl adjacent to an activating group) is 1. The average molecular weight is 221 g/mol. The summed E-state index contributed by atoms with van der Waals surface area (Å²) < 4.78 is 0. The molecule has 0 heterocycles. The molecular formula is C9H17ClN2O2. The van der Waals surface area contributed by atoms with Gasteiger partial charge in [0.25, 0.3) is 0 Å². The second kappa shape index (κ2) is 7.62. The largest absolute Gasteiger partial charge is 0.357 e. The van der Waals surface area contributed by atoms with E-state index >= 15 is 0 Å². The summed E-state index contributed by atoms with van der Waals surface area (Å²) in [7, 11) is 1.54. The molecule has 0 aromatic carbocycles. The van der Waals surface area contributed by atoms with Crippen molar-refractivity contribution in [3.05, 3.63) is 0 Å². The Hall–Kier alpha value is -0.770. The van der Waals surface area contributed by atoms with Crippen LogP contribution in [0.4, 0.5) is 0 Å². The van der Waals surface area contributed by atoms with E-state index in [1.165, 1.54) is 0 Å². The van der Waals surface area contributed by atoms with Gasteiger partial charge in [0.2, 0.25) is 11.8 Å². The van der Waals surface area contributed by atoms with Gasteiger partial charge in [0, 0.05) is 19.3 Å². The zero-order valence-electron chi connectivity index (χ0n) is 8.60. The van der Waals surface area contributed by atoms with Crippen molar-refractivity contribution in [2.45, 2.75) is 32.2 Å². The number of rotatable bonds is 6. The highest BCUT2D eigenvalue weighted by molar-refractivity contribution is 6.17. The van der Waals surface area contributed by atoms with Gasteiger partial charge in [0.05, 0.1) is 0 Å². The molecule has 0 saturated carbocycles. The first-order valence-electron chi connectivity index (χ1n) is 4.68. The standard InChI is InChI=1S/C9H17ClN2O2/c1-7(9(14)11-2)12-8(13)5-3-4-6-10/h7H,3-6H2,1-2H3,(H,11,14)(H,12,13). The van der Waals surface area contributed by atoms with E-state index < -0.39 is 6.04 Å². The van der Waals surface area contributed by atoms with E-state index in [1.54, 1.807) is 14.0 Å². The third-order valence-corrected chi connectivity index (χ3v) is 2.07. The first kappa shape index (κ1) is 13.2. The minimum atomic E-state index is -0.469. The molecule has 0 rings (SSSR count). The van der Waals surface area contributed by atoms with Crippen LogP contribution in [0, 0.1) is 0 Å². The zero-order chi connectivity index (χ0) is 11.0. The number of hydrogen-bond acceptors (Lipinski definition) is 2. The van der Waals surface area contributed by atoms with Crippen LogP contribution >= 0.6 is 11.6 Å². The molecule has 5 heteroatoms. The summed E-state index contributed by atoms with van der Waals surface area (Å²) >= 11 is 5.47. The molecule has 0 radical (unpaired) electrons. The first-order chi connectivity index (χ1) is 6.61. The molecule has 4 nitrogen and oxygen atoms in total. The number of amides is 2. The summed E-state index contributed by atoms with van der Waals surface area (Å²) in [5.74, 6) is 0.278. The average Bonchev–Trinajstić information content (AvgIpc) is 2.16. The fourth-order valence-corrected chi connectivity index (χ4v) is 1.16. The molecule has 1 atom stereocenters. The van der Waals surface area contributed by atoms with Crippen LogP contribution in [0.5, 0.6) is 0 Å². The Labute approximate surface area is 89.4 Å². The second-order valence-corrected chi connectivity index (χ2v) is 3.43. The molecule has 0 aliphatic rings. The van der Waals surface area contributed by atoms with Crippen LogP contribution in [0.1, 0.15) is 26.2 Å². The molecule has 1 unspecified atom stereocenters. The lowest BCUT2D eigenvalue weighted by Crippen LogP contribution is -2.43. The molecule has 0 aromatic rings. The van der Waals surface area contributed by atoms with E-state index in [4.69, 9.17) is 11.6 Å². The lowest BCUT2D eigenvalue weighted by atomic mass is 10.2. The molecule has 0 aromatic heterocycles. The predicted molar refractivity (Wildman–Crippen MR) is 56.2 cm³/mol. The van der Waals surface area contributed by atoms with E-state index in [0.29, 0.717) is 12.3 Å². The van der Waals surface area contributed by atoms with Crippen molar-refractivity contribution in [3.63, 3.8) is 0 Å². The monoisotopic (exact) mass is 220 g/mol. The molecule has 0 aliphatic carbocycles. The zero-order valence-corrected chi connectivity index (χ0v) is 9.36. The predicted octanol–water partition coefficient (Wildman–Crippen LogP) is 0.646. The van der Waals surface area contributed by atoms with E-state index in [0.717, 1.165) is 12.8 Å². The number of carbonyl (C=O) groups excluding carboxylic acids is 2. The van der Waals surface area contributed by atoms with Crippen molar-refractivity contribution < 1.29 is 9.59 Å². The minimum Gasteiger partial charge on any atom is -0.357 e. The normalized spacial score (nSPS) is 11.9. The number of unbranched alkanes of at least 4 members (excludes halogenated alkanes) is 1. The van der Waals surface area contributed by atoms with Gasteiger partial charge >= 0.3 is 0 Å². The number of carbonyl (C=O) groups is 2. The van der Waals surface area contributed by atoms with Crippen molar-refractivity contribution in [1.82, 2.24) is 10.6 Å². The Morgan fingerprint density at radius 3 is 2.50 bits per heavy atom. The van der Waals surface area contributed by atoms with E-state index in [-0.39, 0.29) is 11.8 Å². The highest BCUT2D eigenvalue weighted by Gasteiger charge is 2.12. The van der Waals surface area contributed by atoms with E-state index in [1.807, 2.05) is 0 Å². The lowest BCUT2D eigenvalue weighted by Gasteiger charge is -2.11. The summed E-state index contributed by atoms with van der Waals surface area (Å²) in [6.45, 7) is 1.65. The third kappa shape index (κ3) is 5.80. The van der Waals surface area contributed by atoms with Gasteiger partial charge in [-0.3, -0.25) is 9.59 Å². The summed E-state index contributed by atoms with van der Waals surface area (Å²) in [6, 6.07) is -0.469. The van der Waals surface area contributed by atoms with Crippen LogP contribution in [0.15, 0.2) is 0 Å². The van der Waals surface area contributed by atoms with Gasteiger partial charge in [0.1, 0.15) is 6.04 Å². The highest BCUT2D eigenvalue weighted by Crippen LogP contribution is 1.97. The van der Waals surface area contributed by atoms with Crippen molar-refractivity contribution in [2.75, 3.05) is 12.9 Å². The first-order valence-corrected chi connectivity index (χ1v) is 5.22. The molecule has 0 saturated heterocycles. The van der Waals surface area contributed by atoms with Crippen molar-refractivity contribution >= 4 is 23.4 Å². The molecule has 14 heavy (non-hydrogen) atoms. The molecule has 2 N–H and O–H groups in total. The van der Waals surface area contributed by atoms with Crippen molar-refractivity contribution in [3.8, 4) is 0 Å². The summed E-state index contributed by atoms with van der Waals surface area (Å²) in [5.41, 5.74) is 0. The summed E-state index contributed by atoms with van der Waals surface area (Å²) in [6.07, 6.45) is 2.01. The Morgan fingerprint density at radius 1 is 1.36 bits per heavy atom. The molecular weight excluding hydrogens is 204 g/mol. The van der Waals surface area contributed by atoms with E-state index in [2.05, 4.69) is 10.6 Å². The molecule has 0 aliphatic heterocycles. The lowest BCUT2D eigenvalue weighted by molar-refractivity contribution is -0.128. The fourth-order valence-electron chi connectivity index (χ4n) is 0.976. The Kier molecular flexibility index (Phi) is 7.20. The van der Waals surface area contributed by atoms with Crippen LogP contribution in [-0.4, -0.2) is 30.8 Å². The quantitative estimate of drug-likeness (QED) is 0.510. The maximum Gasteiger partial charge on any atom is 0.242 e. The number of alkyl halides is 1. The Morgan fingerprint density at radius 2 is 2.00 bits per heavy atom. The number of halogens is 1. The molecule has 82 valence electrons. The number of hydrogen-bond donors (Lipinski definition) is 2. The van der Waals surface area contributed by atoms with Crippen molar-refractivity contribution in [2.24, 2.45) is 0 Å². The molecule has 0 bridgehead atoms. The maximum absolute atomic E-state index is 11.2. The topological polar surface area (TPSA) is 58.2 Å². The second-order valence-electron chi connectivity index (χ2n) is 3.05. The van der Waals surface area contributed by atoms with Gasteiger partial charge in [-0.05, 0) is 19.8 Å².